The first-order valence-corrected chi connectivity index (χ1v) is 16.1. The maximum absolute atomic E-state index is 5.08. The Balaban J connectivity index is 0.00000368. The number of fused-ring (bicyclic) bond motifs is 1. The largest absolute Gasteiger partial charge is 0.369 e. The van der Waals surface area contributed by atoms with Crippen molar-refractivity contribution in [3.63, 3.8) is 0 Å². The van der Waals surface area contributed by atoms with Crippen LogP contribution in [0.1, 0.15) is 24.0 Å². The summed E-state index contributed by atoms with van der Waals surface area (Å²) in [7, 11) is 0. The van der Waals surface area contributed by atoms with E-state index in [-0.39, 0.29) is 12.4 Å². The van der Waals surface area contributed by atoms with Gasteiger partial charge in [0.25, 0.3) is 0 Å². The van der Waals surface area contributed by atoms with Crippen molar-refractivity contribution in [2.75, 3.05) is 55.7 Å². The molecule has 1 saturated heterocycles. The van der Waals surface area contributed by atoms with Gasteiger partial charge in [0.15, 0.2) is 17.0 Å². The molecule has 0 bridgehead atoms. The maximum Gasteiger partial charge on any atom is 0.170 e. The number of aromatic nitrogens is 4. The minimum absolute atomic E-state index is 0. The van der Waals surface area contributed by atoms with Crippen LogP contribution in [0.15, 0.2) is 84.0 Å². The molecule has 43 heavy (non-hydrogen) atoms. The lowest BCUT2D eigenvalue weighted by Gasteiger charge is -2.37. The van der Waals surface area contributed by atoms with E-state index in [1.54, 1.807) is 18.1 Å². The van der Waals surface area contributed by atoms with Gasteiger partial charge in [0.2, 0.25) is 0 Å². The predicted octanol–water partition coefficient (Wildman–Crippen LogP) is 7.26. The molecule has 7 nitrogen and oxygen atoms in total. The van der Waals surface area contributed by atoms with Gasteiger partial charge in [-0.1, -0.05) is 42.5 Å². The monoisotopic (exact) mass is 613 g/mol. The van der Waals surface area contributed by atoms with Gasteiger partial charge in [-0.05, 0) is 80.9 Å². The van der Waals surface area contributed by atoms with Crippen molar-refractivity contribution in [2.24, 2.45) is 0 Å². The molecule has 6 rings (SSSR count). The van der Waals surface area contributed by atoms with Crippen LogP contribution < -0.4 is 10.2 Å². The van der Waals surface area contributed by atoms with E-state index in [9.17, 15) is 0 Å². The number of nitrogens with zero attached hydrogens (tertiary/aromatic N) is 6. The fourth-order valence-corrected chi connectivity index (χ4v) is 6.14. The zero-order valence-corrected chi connectivity index (χ0v) is 26.8. The molecule has 0 atom stereocenters. The van der Waals surface area contributed by atoms with Crippen LogP contribution in [0.25, 0.3) is 28.2 Å². The van der Waals surface area contributed by atoms with Gasteiger partial charge in [0.1, 0.15) is 12.2 Å². The number of thioether (sulfide) groups is 1. The summed E-state index contributed by atoms with van der Waals surface area (Å²) in [6.07, 6.45) is 5.96. The van der Waals surface area contributed by atoms with E-state index in [1.165, 1.54) is 21.7 Å². The highest BCUT2D eigenvalue weighted by atomic mass is 35.5. The van der Waals surface area contributed by atoms with E-state index >= 15 is 0 Å². The van der Waals surface area contributed by atoms with Crippen LogP contribution >= 0.6 is 24.2 Å². The van der Waals surface area contributed by atoms with Crippen LogP contribution in [0.4, 0.5) is 11.5 Å². The first-order valence-electron chi connectivity index (χ1n) is 14.8. The van der Waals surface area contributed by atoms with E-state index in [0.717, 1.165) is 86.2 Å². The molecule has 1 N–H and O–H groups in total. The van der Waals surface area contributed by atoms with Crippen LogP contribution in [0.3, 0.4) is 0 Å². The molecule has 0 saturated carbocycles. The summed E-state index contributed by atoms with van der Waals surface area (Å²) >= 11 is 1.74. The summed E-state index contributed by atoms with van der Waals surface area (Å²) in [5.41, 5.74) is 7.87. The fourth-order valence-electron chi connectivity index (χ4n) is 5.74. The SMILES string of the molecule is CSc1ccc(-n2c(-c3ccccc3)nc3c(NCCCCN4CCN(c5cccc(C)c5C)CC4)ncnc32)cc1.Cl. The van der Waals surface area contributed by atoms with Crippen molar-refractivity contribution in [3.05, 3.63) is 90.3 Å². The number of anilines is 2. The average Bonchev–Trinajstić information content (AvgIpc) is 3.43. The van der Waals surface area contributed by atoms with Crippen LogP contribution in [0.5, 0.6) is 0 Å². The Labute approximate surface area is 265 Å². The fraction of sp³-hybridized carbons (Fsp3) is 0.324. The highest BCUT2D eigenvalue weighted by Crippen LogP contribution is 2.31. The number of nitrogens with one attached hydrogen (secondary N) is 1. The molecule has 0 amide bonds. The summed E-state index contributed by atoms with van der Waals surface area (Å²) in [5.74, 6) is 1.66. The lowest BCUT2D eigenvalue weighted by Crippen LogP contribution is -2.46. The third-order valence-electron chi connectivity index (χ3n) is 8.29. The van der Waals surface area contributed by atoms with Crippen molar-refractivity contribution >= 4 is 46.8 Å². The second kappa shape index (κ2) is 14.3. The van der Waals surface area contributed by atoms with E-state index < -0.39 is 0 Å². The van der Waals surface area contributed by atoms with Gasteiger partial charge in [-0.25, -0.2) is 15.0 Å². The van der Waals surface area contributed by atoms with Crippen LogP contribution in [-0.4, -0.2) is 69.9 Å². The molecular weight excluding hydrogens is 574 g/mol. The molecule has 1 aliphatic heterocycles. The zero-order chi connectivity index (χ0) is 28.9. The smallest absolute Gasteiger partial charge is 0.170 e. The molecular formula is C34H40ClN7S. The second-order valence-corrected chi connectivity index (χ2v) is 11.8. The van der Waals surface area contributed by atoms with E-state index in [4.69, 9.17) is 4.98 Å². The summed E-state index contributed by atoms with van der Waals surface area (Å²) in [6, 6.07) is 25.5. The quantitative estimate of drug-likeness (QED) is 0.131. The van der Waals surface area contributed by atoms with Gasteiger partial charge < -0.3 is 10.2 Å². The van der Waals surface area contributed by atoms with Crippen molar-refractivity contribution in [2.45, 2.75) is 31.6 Å². The minimum atomic E-state index is 0. The summed E-state index contributed by atoms with van der Waals surface area (Å²) in [6.45, 7) is 10.8. The predicted molar refractivity (Wildman–Crippen MR) is 183 cm³/mol. The van der Waals surface area contributed by atoms with Crippen molar-refractivity contribution in [1.82, 2.24) is 24.4 Å². The Hall–Kier alpha value is -3.59. The lowest BCUT2D eigenvalue weighted by atomic mass is 10.1. The van der Waals surface area contributed by atoms with Gasteiger partial charge in [0, 0.05) is 54.6 Å². The van der Waals surface area contributed by atoms with Gasteiger partial charge in [-0.15, -0.1) is 24.2 Å². The Morgan fingerprint density at radius 2 is 1.60 bits per heavy atom. The molecule has 0 unspecified atom stereocenters. The molecule has 0 radical (unpaired) electrons. The zero-order valence-electron chi connectivity index (χ0n) is 25.2. The molecule has 0 spiro atoms. The van der Waals surface area contributed by atoms with Gasteiger partial charge >= 0.3 is 0 Å². The minimum Gasteiger partial charge on any atom is -0.369 e. The lowest BCUT2D eigenvalue weighted by molar-refractivity contribution is 0.253. The van der Waals surface area contributed by atoms with Crippen LogP contribution in [0, 0.1) is 13.8 Å². The average molecular weight is 614 g/mol. The Kier molecular flexibility index (Phi) is 10.2. The molecule has 0 aliphatic carbocycles. The molecule has 9 heteroatoms. The highest BCUT2D eigenvalue weighted by Gasteiger charge is 2.20. The van der Waals surface area contributed by atoms with Crippen LogP contribution in [0.2, 0.25) is 0 Å². The normalized spacial score (nSPS) is 13.7. The van der Waals surface area contributed by atoms with E-state index in [0.29, 0.717) is 0 Å². The topological polar surface area (TPSA) is 62.1 Å². The summed E-state index contributed by atoms with van der Waals surface area (Å²) in [4.78, 5) is 20.7. The molecule has 1 aliphatic rings. The molecule has 1 fully saturated rings. The third-order valence-corrected chi connectivity index (χ3v) is 9.03. The van der Waals surface area contributed by atoms with Gasteiger partial charge in [-0.3, -0.25) is 9.47 Å². The number of piperazine rings is 1. The number of benzene rings is 3. The van der Waals surface area contributed by atoms with Gasteiger partial charge in [0.05, 0.1) is 0 Å². The number of aryl methyl sites for hydroxylation is 1. The molecule has 5 aromatic rings. The number of halogens is 1. The Bertz CT molecular complexity index is 1630. The van der Waals surface area contributed by atoms with Crippen molar-refractivity contribution < 1.29 is 0 Å². The number of imidazole rings is 1. The highest BCUT2D eigenvalue weighted by molar-refractivity contribution is 7.98. The first kappa shape index (κ1) is 30.9. The van der Waals surface area contributed by atoms with Crippen molar-refractivity contribution in [3.8, 4) is 17.1 Å². The molecule has 3 aromatic carbocycles. The first-order chi connectivity index (χ1) is 20.6. The van der Waals surface area contributed by atoms with E-state index in [2.05, 4.69) is 104 Å². The second-order valence-electron chi connectivity index (χ2n) is 10.9. The standard InChI is InChI=1S/C34H39N7S.ClH/c1-25-10-9-13-30(26(25)2)40-22-20-39(21-23-40)19-8-7-18-35-32-31-34(37-24-36-32)41(28-14-16-29(42-3)17-15-28)33(38-31)27-11-5-4-6-12-27;/h4-6,9-17,24H,7-8,18-23H2,1-3H3,(H,35,36,37);1H. The third kappa shape index (κ3) is 6.82. The summed E-state index contributed by atoms with van der Waals surface area (Å²) < 4.78 is 2.14. The maximum atomic E-state index is 5.08. The molecule has 3 heterocycles. The Morgan fingerprint density at radius 3 is 2.35 bits per heavy atom. The van der Waals surface area contributed by atoms with Crippen molar-refractivity contribution in [1.29, 1.82) is 0 Å². The number of rotatable bonds is 10. The Morgan fingerprint density at radius 1 is 0.837 bits per heavy atom. The number of hydrogen-bond donors (Lipinski definition) is 1. The molecule has 2 aromatic heterocycles. The number of hydrogen-bond acceptors (Lipinski definition) is 7. The molecule has 224 valence electrons. The van der Waals surface area contributed by atoms with E-state index in [1.807, 2.05) is 18.2 Å². The summed E-state index contributed by atoms with van der Waals surface area (Å²) in [5, 5.41) is 3.57. The van der Waals surface area contributed by atoms with Gasteiger partial charge in [-0.2, -0.15) is 0 Å². The van der Waals surface area contributed by atoms with Crippen LogP contribution in [-0.2, 0) is 0 Å². The number of unbranched alkanes of at least 4 members (excludes halogenated alkanes) is 1.